The number of halogens is 4. The fraction of sp³-hybridized carbons (Fsp3) is 0. The molecule has 2 aromatic rings. The van der Waals surface area contributed by atoms with Crippen LogP contribution in [-0.2, 0) is 0 Å². The number of rotatable bonds is 1. The maximum atomic E-state index is 13.4. The summed E-state index contributed by atoms with van der Waals surface area (Å²) in [4.78, 5) is 3.36. The Bertz CT molecular complexity index is 543. The van der Waals surface area contributed by atoms with E-state index >= 15 is 0 Å². The Hall–Kier alpha value is -1.55. The first-order chi connectivity index (χ1) is 7.58. The van der Waals surface area contributed by atoms with Crippen LogP contribution in [0.1, 0.15) is 0 Å². The van der Waals surface area contributed by atoms with Crippen molar-refractivity contribution in [2.45, 2.75) is 0 Å². The Labute approximate surface area is 94.5 Å². The van der Waals surface area contributed by atoms with E-state index < -0.39 is 17.6 Å². The van der Waals surface area contributed by atoms with Crippen LogP contribution in [0.3, 0.4) is 0 Å². The van der Waals surface area contributed by atoms with Crippen molar-refractivity contribution in [1.29, 1.82) is 0 Å². The van der Waals surface area contributed by atoms with E-state index in [-0.39, 0.29) is 16.1 Å². The quantitative estimate of drug-likeness (QED) is 0.694. The molecule has 0 spiro atoms. The van der Waals surface area contributed by atoms with Gasteiger partial charge in [0.05, 0.1) is 5.02 Å². The lowest BCUT2D eigenvalue weighted by atomic mass is 10.1. The molecule has 2 rings (SSSR count). The van der Waals surface area contributed by atoms with Gasteiger partial charge >= 0.3 is 0 Å². The molecular formula is C11H5ClF3N. The zero-order valence-corrected chi connectivity index (χ0v) is 8.60. The van der Waals surface area contributed by atoms with Gasteiger partial charge in [-0.2, -0.15) is 4.39 Å². The Balaban J connectivity index is 2.62. The fourth-order valence-corrected chi connectivity index (χ4v) is 1.48. The van der Waals surface area contributed by atoms with Gasteiger partial charge in [-0.25, -0.2) is 13.8 Å². The molecule has 0 unspecified atom stereocenters. The molecule has 0 aliphatic rings. The third-order valence-electron chi connectivity index (χ3n) is 2.03. The third-order valence-corrected chi connectivity index (χ3v) is 2.23. The SMILES string of the molecule is Fc1ccc(-c2cc(Cl)cnc2F)c(F)c1. The van der Waals surface area contributed by atoms with E-state index in [4.69, 9.17) is 11.6 Å². The Morgan fingerprint density at radius 3 is 2.44 bits per heavy atom. The van der Waals surface area contributed by atoms with Gasteiger partial charge in [0.25, 0.3) is 0 Å². The second-order valence-electron chi connectivity index (χ2n) is 3.12. The second-order valence-corrected chi connectivity index (χ2v) is 3.55. The lowest BCUT2D eigenvalue weighted by Gasteiger charge is -2.04. The van der Waals surface area contributed by atoms with Gasteiger partial charge in [0.15, 0.2) is 0 Å². The zero-order chi connectivity index (χ0) is 11.7. The number of hydrogen-bond donors (Lipinski definition) is 0. The van der Waals surface area contributed by atoms with Crippen LogP contribution in [0.25, 0.3) is 11.1 Å². The lowest BCUT2D eigenvalue weighted by molar-refractivity contribution is 0.574. The predicted molar refractivity (Wildman–Crippen MR) is 54.6 cm³/mol. The number of hydrogen-bond acceptors (Lipinski definition) is 1. The minimum Gasteiger partial charge on any atom is -0.226 e. The van der Waals surface area contributed by atoms with Gasteiger partial charge in [0, 0.05) is 23.4 Å². The third kappa shape index (κ3) is 2.02. The van der Waals surface area contributed by atoms with Crippen LogP contribution in [-0.4, -0.2) is 4.98 Å². The van der Waals surface area contributed by atoms with Gasteiger partial charge in [0.1, 0.15) is 11.6 Å². The van der Waals surface area contributed by atoms with Gasteiger partial charge in [-0.1, -0.05) is 11.6 Å². The van der Waals surface area contributed by atoms with Crippen molar-refractivity contribution in [3.05, 3.63) is 53.1 Å². The van der Waals surface area contributed by atoms with E-state index in [2.05, 4.69) is 4.98 Å². The van der Waals surface area contributed by atoms with Crippen molar-refractivity contribution in [3.8, 4) is 11.1 Å². The van der Waals surface area contributed by atoms with Crippen molar-refractivity contribution in [1.82, 2.24) is 4.98 Å². The molecule has 0 saturated heterocycles. The highest BCUT2D eigenvalue weighted by atomic mass is 35.5. The van der Waals surface area contributed by atoms with E-state index in [0.29, 0.717) is 6.07 Å². The normalized spacial score (nSPS) is 10.5. The second kappa shape index (κ2) is 4.14. The molecule has 0 bridgehead atoms. The van der Waals surface area contributed by atoms with Crippen molar-refractivity contribution >= 4 is 11.6 Å². The first-order valence-corrected chi connectivity index (χ1v) is 4.72. The predicted octanol–water partition coefficient (Wildman–Crippen LogP) is 3.82. The van der Waals surface area contributed by atoms with Crippen molar-refractivity contribution in [2.75, 3.05) is 0 Å². The number of benzene rings is 1. The van der Waals surface area contributed by atoms with Crippen LogP contribution in [0, 0.1) is 17.6 Å². The minimum absolute atomic E-state index is 0.0751. The van der Waals surface area contributed by atoms with Gasteiger partial charge in [0.2, 0.25) is 5.95 Å². The van der Waals surface area contributed by atoms with E-state index in [9.17, 15) is 13.2 Å². The average Bonchev–Trinajstić information content (AvgIpc) is 2.22. The molecule has 0 saturated carbocycles. The van der Waals surface area contributed by atoms with Crippen LogP contribution in [0.4, 0.5) is 13.2 Å². The molecule has 1 heterocycles. The summed E-state index contributed by atoms with van der Waals surface area (Å²) >= 11 is 5.62. The summed E-state index contributed by atoms with van der Waals surface area (Å²) in [6.07, 6.45) is 1.11. The van der Waals surface area contributed by atoms with Gasteiger partial charge < -0.3 is 0 Å². The summed E-state index contributed by atoms with van der Waals surface area (Å²) in [6, 6.07) is 4.09. The molecular weight excluding hydrogens is 239 g/mol. The lowest BCUT2D eigenvalue weighted by Crippen LogP contribution is -1.92. The standard InChI is InChI=1S/C11H5ClF3N/c12-6-3-9(11(15)16-5-6)8-2-1-7(13)4-10(8)14/h1-5H. The Morgan fingerprint density at radius 1 is 1.00 bits per heavy atom. The Morgan fingerprint density at radius 2 is 1.75 bits per heavy atom. The summed E-state index contributed by atoms with van der Waals surface area (Å²) < 4.78 is 39.3. The summed E-state index contributed by atoms with van der Waals surface area (Å²) in [5.74, 6) is -2.44. The molecule has 5 heteroatoms. The highest BCUT2D eigenvalue weighted by molar-refractivity contribution is 6.30. The molecule has 0 atom stereocenters. The molecule has 0 fully saturated rings. The van der Waals surface area contributed by atoms with Crippen molar-refractivity contribution in [2.24, 2.45) is 0 Å². The largest absolute Gasteiger partial charge is 0.226 e. The first kappa shape index (κ1) is 11.0. The maximum Gasteiger partial charge on any atom is 0.220 e. The van der Waals surface area contributed by atoms with Gasteiger partial charge in [-0.3, -0.25) is 0 Å². The zero-order valence-electron chi connectivity index (χ0n) is 7.85. The molecule has 0 aliphatic carbocycles. The van der Waals surface area contributed by atoms with Crippen molar-refractivity contribution < 1.29 is 13.2 Å². The smallest absolute Gasteiger partial charge is 0.220 e. The average molecular weight is 244 g/mol. The minimum atomic E-state index is -0.858. The number of aromatic nitrogens is 1. The first-order valence-electron chi connectivity index (χ1n) is 4.34. The highest BCUT2D eigenvalue weighted by Gasteiger charge is 2.12. The molecule has 16 heavy (non-hydrogen) atoms. The van der Waals surface area contributed by atoms with Crippen LogP contribution in [0.2, 0.25) is 5.02 Å². The number of pyridine rings is 1. The topological polar surface area (TPSA) is 12.9 Å². The maximum absolute atomic E-state index is 13.4. The van der Waals surface area contributed by atoms with Crippen LogP contribution < -0.4 is 0 Å². The molecule has 1 aromatic heterocycles. The van der Waals surface area contributed by atoms with Crippen LogP contribution in [0.15, 0.2) is 30.5 Å². The monoisotopic (exact) mass is 243 g/mol. The molecule has 1 nitrogen and oxygen atoms in total. The summed E-state index contributed by atoms with van der Waals surface area (Å²) in [7, 11) is 0. The Kier molecular flexibility index (Phi) is 2.83. The van der Waals surface area contributed by atoms with E-state index in [1.807, 2.05) is 0 Å². The van der Waals surface area contributed by atoms with Crippen LogP contribution >= 0.6 is 11.6 Å². The fourth-order valence-electron chi connectivity index (χ4n) is 1.32. The molecule has 0 radical (unpaired) electrons. The molecule has 1 aromatic carbocycles. The summed E-state index contributed by atoms with van der Waals surface area (Å²) in [6.45, 7) is 0. The van der Waals surface area contributed by atoms with E-state index in [1.165, 1.54) is 6.07 Å². The molecule has 0 aliphatic heterocycles. The highest BCUT2D eigenvalue weighted by Crippen LogP contribution is 2.27. The molecule has 0 amide bonds. The van der Waals surface area contributed by atoms with Crippen LogP contribution in [0.5, 0.6) is 0 Å². The number of nitrogens with zero attached hydrogens (tertiary/aromatic N) is 1. The van der Waals surface area contributed by atoms with E-state index in [0.717, 1.165) is 18.3 Å². The summed E-state index contributed by atoms with van der Waals surface area (Å²) in [5.41, 5.74) is -0.168. The van der Waals surface area contributed by atoms with Gasteiger partial charge in [-0.15, -0.1) is 0 Å². The van der Waals surface area contributed by atoms with Crippen molar-refractivity contribution in [3.63, 3.8) is 0 Å². The van der Waals surface area contributed by atoms with E-state index in [1.54, 1.807) is 0 Å². The molecule has 0 N–H and O–H groups in total. The van der Waals surface area contributed by atoms with Gasteiger partial charge in [-0.05, 0) is 18.2 Å². The summed E-state index contributed by atoms with van der Waals surface area (Å²) in [5, 5.41) is 0.181. The molecule has 82 valence electrons.